The summed E-state index contributed by atoms with van der Waals surface area (Å²) < 4.78 is 2.14. The van der Waals surface area contributed by atoms with E-state index < -0.39 is 0 Å². The van der Waals surface area contributed by atoms with E-state index in [0.717, 1.165) is 43.5 Å². The van der Waals surface area contributed by atoms with Gasteiger partial charge in [0.1, 0.15) is 0 Å². The van der Waals surface area contributed by atoms with Crippen molar-refractivity contribution in [3.63, 3.8) is 0 Å². The lowest BCUT2D eigenvalue weighted by Gasteiger charge is -2.30. The van der Waals surface area contributed by atoms with E-state index >= 15 is 0 Å². The predicted molar refractivity (Wildman–Crippen MR) is 87.7 cm³/mol. The molecule has 1 fully saturated rings. The zero-order valence-electron chi connectivity index (χ0n) is 13.2. The van der Waals surface area contributed by atoms with Gasteiger partial charge in [0.15, 0.2) is 0 Å². The summed E-state index contributed by atoms with van der Waals surface area (Å²) in [6.07, 6.45) is 5.14. The molecule has 2 aromatic rings. The second-order valence-electron chi connectivity index (χ2n) is 6.21. The van der Waals surface area contributed by atoms with E-state index in [1.165, 1.54) is 6.42 Å². The van der Waals surface area contributed by atoms with Crippen LogP contribution in [0.25, 0.3) is 11.0 Å². The second kappa shape index (κ2) is 6.81. The Bertz CT molecular complexity index is 636. The highest BCUT2D eigenvalue weighted by molar-refractivity contribution is 5.75. The number of nitrogens with zero attached hydrogens (tertiary/aromatic N) is 3. The molecule has 1 aliphatic heterocycles. The molecular formula is C17H24N4O. The van der Waals surface area contributed by atoms with Crippen molar-refractivity contribution in [3.05, 3.63) is 30.6 Å². The van der Waals surface area contributed by atoms with Gasteiger partial charge >= 0.3 is 6.03 Å². The van der Waals surface area contributed by atoms with Crippen molar-refractivity contribution in [2.24, 2.45) is 5.92 Å². The van der Waals surface area contributed by atoms with E-state index in [4.69, 9.17) is 0 Å². The largest absolute Gasteiger partial charge is 0.338 e. The summed E-state index contributed by atoms with van der Waals surface area (Å²) in [5.41, 5.74) is 2.17. The number of aryl methyl sites for hydroxylation is 1. The molecule has 22 heavy (non-hydrogen) atoms. The van der Waals surface area contributed by atoms with Crippen LogP contribution in [0, 0.1) is 5.92 Å². The second-order valence-corrected chi connectivity index (χ2v) is 6.21. The molecule has 1 saturated heterocycles. The summed E-state index contributed by atoms with van der Waals surface area (Å²) in [7, 11) is 0. The molecule has 1 N–H and O–H groups in total. The lowest BCUT2D eigenvalue weighted by Crippen LogP contribution is -2.45. The van der Waals surface area contributed by atoms with Gasteiger partial charge in [0.2, 0.25) is 0 Å². The van der Waals surface area contributed by atoms with Crippen molar-refractivity contribution >= 4 is 17.1 Å². The van der Waals surface area contributed by atoms with E-state index in [1.54, 1.807) is 0 Å². The maximum absolute atomic E-state index is 12.1. The van der Waals surface area contributed by atoms with Crippen molar-refractivity contribution in [1.82, 2.24) is 19.8 Å². The van der Waals surface area contributed by atoms with Crippen molar-refractivity contribution < 1.29 is 4.79 Å². The van der Waals surface area contributed by atoms with E-state index in [9.17, 15) is 4.79 Å². The average molecular weight is 300 g/mol. The first-order chi connectivity index (χ1) is 10.7. The maximum atomic E-state index is 12.1. The minimum absolute atomic E-state index is 0.0852. The minimum Gasteiger partial charge on any atom is -0.338 e. The zero-order valence-corrected chi connectivity index (χ0v) is 13.2. The SMILES string of the molecule is CC1CCCN(C(=O)NCCCn2cnc3ccccc32)C1. The summed E-state index contributed by atoms with van der Waals surface area (Å²) >= 11 is 0. The first-order valence-corrected chi connectivity index (χ1v) is 8.16. The topological polar surface area (TPSA) is 50.2 Å². The summed E-state index contributed by atoms with van der Waals surface area (Å²) in [6, 6.07) is 8.21. The highest BCUT2D eigenvalue weighted by Crippen LogP contribution is 2.15. The highest BCUT2D eigenvalue weighted by Gasteiger charge is 2.20. The first kappa shape index (κ1) is 14.9. The number of likely N-dealkylation sites (tertiary alicyclic amines) is 1. The van der Waals surface area contributed by atoms with Crippen LogP contribution < -0.4 is 5.32 Å². The number of carbonyl (C=O) groups excluding carboxylic acids is 1. The van der Waals surface area contributed by atoms with Crippen molar-refractivity contribution in [2.45, 2.75) is 32.7 Å². The average Bonchev–Trinajstić information content (AvgIpc) is 2.95. The lowest BCUT2D eigenvalue weighted by molar-refractivity contribution is 0.169. The fourth-order valence-electron chi connectivity index (χ4n) is 3.12. The van der Waals surface area contributed by atoms with E-state index in [1.807, 2.05) is 29.4 Å². The van der Waals surface area contributed by atoms with Crippen LogP contribution in [0.1, 0.15) is 26.2 Å². The Morgan fingerprint density at radius 2 is 2.27 bits per heavy atom. The molecule has 0 aliphatic carbocycles. The molecule has 0 saturated carbocycles. The lowest BCUT2D eigenvalue weighted by atomic mass is 10.0. The predicted octanol–water partition coefficient (Wildman–Crippen LogP) is 2.87. The molecule has 0 bridgehead atoms. The number of hydrogen-bond donors (Lipinski definition) is 1. The van der Waals surface area contributed by atoms with E-state index in [0.29, 0.717) is 12.5 Å². The van der Waals surface area contributed by atoms with E-state index in [-0.39, 0.29) is 6.03 Å². The number of nitrogens with one attached hydrogen (secondary N) is 1. The number of aromatic nitrogens is 2. The molecular weight excluding hydrogens is 276 g/mol. The summed E-state index contributed by atoms with van der Waals surface area (Å²) in [4.78, 5) is 18.4. The third-order valence-corrected chi connectivity index (χ3v) is 4.32. The molecule has 1 aromatic heterocycles. The number of amides is 2. The third-order valence-electron chi connectivity index (χ3n) is 4.32. The molecule has 3 rings (SSSR count). The molecule has 2 amide bonds. The Kier molecular flexibility index (Phi) is 4.61. The van der Waals surface area contributed by atoms with Gasteiger partial charge in [-0.15, -0.1) is 0 Å². The van der Waals surface area contributed by atoms with Crippen molar-refractivity contribution in [1.29, 1.82) is 0 Å². The van der Waals surface area contributed by atoms with Gasteiger partial charge in [-0.2, -0.15) is 0 Å². The molecule has 5 heteroatoms. The molecule has 0 radical (unpaired) electrons. The number of hydrogen-bond acceptors (Lipinski definition) is 2. The quantitative estimate of drug-likeness (QED) is 0.883. The van der Waals surface area contributed by atoms with Crippen LogP contribution in [-0.4, -0.2) is 40.1 Å². The number of imidazole rings is 1. The summed E-state index contributed by atoms with van der Waals surface area (Å²) in [6.45, 7) is 5.57. The number of fused-ring (bicyclic) bond motifs is 1. The van der Waals surface area contributed by atoms with E-state index in [2.05, 4.69) is 27.9 Å². The molecule has 2 heterocycles. The van der Waals surface area contributed by atoms with Crippen LogP contribution in [0.5, 0.6) is 0 Å². The highest BCUT2D eigenvalue weighted by atomic mass is 16.2. The smallest absolute Gasteiger partial charge is 0.317 e. The molecule has 5 nitrogen and oxygen atoms in total. The molecule has 118 valence electrons. The Morgan fingerprint density at radius 3 is 3.14 bits per heavy atom. The Hall–Kier alpha value is -2.04. The van der Waals surface area contributed by atoms with Crippen LogP contribution in [0.15, 0.2) is 30.6 Å². The fourth-order valence-corrected chi connectivity index (χ4v) is 3.12. The van der Waals surface area contributed by atoms with Gasteiger partial charge in [-0.05, 0) is 37.3 Å². The van der Waals surface area contributed by atoms with Gasteiger partial charge in [0.25, 0.3) is 0 Å². The fraction of sp³-hybridized carbons (Fsp3) is 0.529. The van der Waals surface area contributed by atoms with Gasteiger partial charge in [-0.1, -0.05) is 19.1 Å². The van der Waals surface area contributed by atoms with Crippen LogP contribution in [0.4, 0.5) is 4.79 Å². The first-order valence-electron chi connectivity index (χ1n) is 8.16. The van der Waals surface area contributed by atoms with Crippen LogP contribution in [0.2, 0.25) is 0 Å². The monoisotopic (exact) mass is 300 g/mol. The number of para-hydroxylation sites is 2. The Balaban J connectivity index is 1.44. The molecule has 1 aromatic carbocycles. The van der Waals surface area contributed by atoms with Gasteiger partial charge in [0.05, 0.1) is 17.4 Å². The van der Waals surface area contributed by atoms with Gasteiger partial charge < -0.3 is 14.8 Å². The van der Waals surface area contributed by atoms with Crippen LogP contribution in [0.3, 0.4) is 0 Å². The number of rotatable bonds is 4. The Labute approximate surface area is 131 Å². The summed E-state index contributed by atoms with van der Waals surface area (Å²) in [5.74, 6) is 0.622. The number of urea groups is 1. The van der Waals surface area contributed by atoms with Crippen molar-refractivity contribution in [2.75, 3.05) is 19.6 Å². The molecule has 1 aliphatic rings. The normalized spacial score (nSPS) is 18.6. The Morgan fingerprint density at radius 1 is 1.41 bits per heavy atom. The van der Waals surface area contributed by atoms with Crippen molar-refractivity contribution in [3.8, 4) is 0 Å². The number of benzene rings is 1. The van der Waals surface area contributed by atoms with Gasteiger partial charge in [0, 0.05) is 26.2 Å². The third kappa shape index (κ3) is 3.40. The van der Waals surface area contributed by atoms with Gasteiger partial charge in [-0.25, -0.2) is 9.78 Å². The maximum Gasteiger partial charge on any atom is 0.317 e. The number of piperidine rings is 1. The minimum atomic E-state index is 0.0852. The van der Waals surface area contributed by atoms with Crippen LogP contribution in [-0.2, 0) is 6.54 Å². The molecule has 1 atom stereocenters. The molecule has 1 unspecified atom stereocenters. The van der Waals surface area contributed by atoms with Gasteiger partial charge in [-0.3, -0.25) is 0 Å². The number of carbonyl (C=O) groups is 1. The van der Waals surface area contributed by atoms with Crippen LogP contribution >= 0.6 is 0 Å². The summed E-state index contributed by atoms with van der Waals surface area (Å²) in [5, 5.41) is 3.04. The standard InChI is InChI=1S/C17H24N4O/c1-14-6-4-10-20(12-14)17(22)18-9-5-11-21-13-19-15-7-2-3-8-16(15)21/h2-3,7-8,13-14H,4-6,9-12H2,1H3,(H,18,22). The zero-order chi connectivity index (χ0) is 15.4. The molecule has 0 spiro atoms.